The molecule has 0 amide bonds. The van der Waals surface area contributed by atoms with Crippen LogP contribution in [0.2, 0.25) is 0 Å². The van der Waals surface area contributed by atoms with E-state index in [1.54, 1.807) is 0 Å². The number of hydrogen-bond acceptors (Lipinski definition) is 2. The van der Waals surface area contributed by atoms with E-state index in [1.165, 1.54) is 37.9 Å². The van der Waals surface area contributed by atoms with E-state index < -0.39 is 0 Å². The van der Waals surface area contributed by atoms with Gasteiger partial charge in [-0.05, 0) is 38.6 Å². The van der Waals surface area contributed by atoms with Gasteiger partial charge < -0.3 is 9.88 Å². The summed E-state index contributed by atoms with van der Waals surface area (Å²) < 4.78 is 2.41. The summed E-state index contributed by atoms with van der Waals surface area (Å²) in [5.74, 6) is 1.27. The Morgan fingerprint density at radius 3 is 3.00 bits per heavy atom. The van der Waals surface area contributed by atoms with E-state index >= 15 is 0 Å². The topological polar surface area (TPSA) is 29.9 Å². The molecule has 96 valence electrons. The molecule has 1 aliphatic rings. The Labute approximate surface area is 105 Å². The summed E-state index contributed by atoms with van der Waals surface area (Å²) in [4.78, 5) is 4.48. The lowest BCUT2D eigenvalue weighted by atomic mass is 10.2. The number of hydrogen-bond donors (Lipinski definition) is 1. The fourth-order valence-corrected chi connectivity index (χ4v) is 2.84. The molecule has 1 aliphatic carbocycles. The molecule has 2 atom stereocenters. The number of aromatic nitrogens is 2. The first-order chi connectivity index (χ1) is 8.35. The zero-order valence-electron chi connectivity index (χ0n) is 11.2. The third-order valence-electron chi connectivity index (χ3n) is 3.70. The number of rotatable bonds is 6. The van der Waals surface area contributed by atoms with Crippen molar-refractivity contribution >= 4 is 0 Å². The first-order valence-electron chi connectivity index (χ1n) is 7.10. The zero-order valence-corrected chi connectivity index (χ0v) is 11.2. The van der Waals surface area contributed by atoms with Crippen molar-refractivity contribution < 1.29 is 0 Å². The predicted molar refractivity (Wildman–Crippen MR) is 71.2 cm³/mol. The van der Waals surface area contributed by atoms with Gasteiger partial charge in [0.15, 0.2) is 0 Å². The van der Waals surface area contributed by atoms with Crippen molar-refractivity contribution in [3.63, 3.8) is 0 Å². The van der Waals surface area contributed by atoms with E-state index in [4.69, 9.17) is 0 Å². The van der Waals surface area contributed by atoms with Crippen LogP contribution in [0.15, 0.2) is 12.4 Å². The van der Waals surface area contributed by atoms with Crippen molar-refractivity contribution in [2.24, 2.45) is 0 Å². The van der Waals surface area contributed by atoms with Gasteiger partial charge in [0.25, 0.3) is 0 Å². The van der Waals surface area contributed by atoms with Crippen LogP contribution in [0.5, 0.6) is 0 Å². The van der Waals surface area contributed by atoms with E-state index in [0.29, 0.717) is 6.04 Å². The van der Waals surface area contributed by atoms with Crippen LogP contribution in [-0.4, -0.2) is 22.1 Å². The molecule has 0 aliphatic heterocycles. The van der Waals surface area contributed by atoms with Crippen LogP contribution in [0, 0.1) is 0 Å². The van der Waals surface area contributed by atoms with Crippen LogP contribution in [0.25, 0.3) is 0 Å². The van der Waals surface area contributed by atoms with Gasteiger partial charge in [-0.15, -0.1) is 0 Å². The minimum atomic E-state index is 0.674. The van der Waals surface area contributed by atoms with Crippen LogP contribution in [0.3, 0.4) is 0 Å². The summed E-state index contributed by atoms with van der Waals surface area (Å²) in [6.45, 7) is 5.61. The molecule has 1 aromatic heterocycles. The van der Waals surface area contributed by atoms with Crippen LogP contribution < -0.4 is 5.32 Å². The molecule has 2 unspecified atom stereocenters. The lowest BCUT2D eigenvalue weighted by Gasteiger charge is -2.16. The first kappa shape index (κ1) is 12.6. The quantitative estimate of drug-likeness (QED) is 0.821. The molecule has 3 heteroatoms. The second kappa shape index (κ2) is 6.20. The van der Waals surface area contributed by atoms with Gasteiger partial charge in [-0.3, -0.25) is 0 Å². The Bertz CT molecular complexity index is 332. The molecule has 1 aromatic rings. The maximum Gasteiger partial charge on any atom is 0.108 e. The van der Waals surface area contributed by atoms with Gasteiger partial charge in [0.05, 0.1) is 0 Å². The van der Waals surface area contributed by atoms with Crippen LogP contribution in [0.1, 0.15) is 57.8 Å². The summed E-state index contributed by atoms with van der Waals surface area (Å²) in [7, 11) is 0. The van der Waals surface area contributed by atoms with Crippen LogP contribution in [-0.2, 0) is 6.42 Å². The normalized spacial score (nSPS) is 24.4. The fourth-order valence-electron chi connectivity index (χ4n) is 2.84. The third kappa shape index (κ3) is 3.09. The Morgan fingerprint density at radius 1 is 1.35 bits per heavy atom. The lowest BCUT2D eigenvalue weighted by molar-refractivity contribution is 0.462. The number of nitrogens with zero attached hydrogens (tertiary/aromatic N) is 2. The predicted octanol–water partition coefficient (Wildman–Crippen LogP) is 2.93. The fraction of sp³-hybridized carbons (Fsp3) is 0.786. The Kier molecular flexibility index (Phi) is 4.60. The Balaban J connectivity index is 1.92. The highest BCUT2D eigenvalue weighted by Gasteiger charge is 2.26. The van der Waals surface area contributed by atoms with E-state index in [-0.39, 0.29) is 0 Å². The Morgan fingerprint density at radius 2 is 2.24 bits per heavy atom. The van der Waals surface area contributed by atoms with Crippen molar-refractivity contribution in [3.8, 4) is 0 Å². The molecule has 17 heavy (non-hydrogen) atoms. The lowest BCUT2D eigenvalue weighted by Crippen LogP contribution is -2.27. The van der Waals surface area contributed by atoms with E-state index in [0.717, 1.165) is 19.0 Å². The molecule has 2 rings (SSSR count). The summed E-state index contributed by atoms with van der Waals surface area (Å²) in [6, 6.07) is 1.39. The molecule has 0 bridgehead atoms. The molecule has 0 aromatic carbocycles. The van der Waals surface area contributed by atoms with Crippen LogP contribution >= 0.6 is 0 Å². The van der Waals surface area contributed by atoms with Gasteiger partial charge in [0, 0.05) is 30.9 Å². The van der Waals surface area contributed by atoms with Crippen LogP contribution in [0.4, 0.5) is 0 Å². The summed E-state index contributed by atoms with van der Waals surface area (Å²) in [5.41, 5.74) is 0. The van der Waals surface area contributed by atoms with Crippen molar-refractivity contribution in [1.29, 1.82) is 0 Å². The van der Waals surface area contributed by atoms with Gasteiger partial charge in [0.1, 0.15) is 5.82 Å². The van der Waals surface area contributed by atoms with Crippen molar-refractivity contribution in [2.75, 3.05) is 6.54 Å². The summed E-state index contributed by atoms with van der Waals surface area (Å²) in [6.07, 6.45) is 11.5. The molecule has 0 saturated heterocycles. The van der Waals surface area contributed by atoms with Crippen molar-refractivity contribution in [3.05, 3.63) is 18.2 Å². The maximum absolute atomic E-state index is 4.48. The zero-order chi connectivity index (χ0) is 12.1. The largest absolute Gasteiger partial charge is 0.332 e. The number of aryl methyl sites for hydroxylation is 1. The molecule has 0 spiro atoms. The molecule has 3 nitrogen and oxygen atoms in total. The second-order valence-corrected chi connectivity index (χ2v) is 5.12. The smallest absolute Gasteiger partial charge is 0.108 e. The first-order valence-corrected chi connectivity index (χ1v) is 7.10. The molecule has 1 heterocycles. The monoisotopic (exact) mass is 235 g/mol. The van der Waals surface area contributed by atoms with Gasteiger partial charge in [0.2, 0.25) is 0 Å². The molecule has 1 fully saturated rings. The van der Waals surface area contributed by atoms with Crippen molar-refractivity contribution in [1.82, 2.24) is 14.9 Å². The average Bonchev–Trinajstić information content (AvgIpc) is 2.95. The molecular formula is C14H25N3. The highest BCUT2D eigenvalue weighted by Crippen LogP contribution is 2.31. The number of nitrogens with one attached hydrogen (secondary N) is 1. The average molecular weight is 235 g/mol. The molecule has 1 N–H and O–H groups in total. The minimum Gasteiger partial charge on any atom is -0.332 e. The van der Waals surface area contributed by atoms with Crippen molar-refractivity contribution in [2.45, 2.75) is 64.5 Å². The molecule has 0 radical (unpaired) electrons. The summed E-state index contributed by atoms with van der Waals surface area (Å²) in [5, 5.41) is 3.64. The van der Waals surface area contributed by atoms with E-state index in [1.807, 2.05) is 6.20 Å². The van der Waals surface area contributed by atoms with E-state index in [2.05, 4.69) is 34.9 Å². The second-order valence-electron chi connectivity index (χ2n) is 5.12. The molecule has 1 saturated carbocycles. The van der Waals surface area contributed by atoms with Gasteiger partial charge >= 0.3 is 0 Å². The Hall–Kier alpha value is -0.830. The van der Waals surface area contributed by atoms with Gasteiger partial charge in [-0.25, -0.2) is 4.98 Å². The van der Waals surface area contributed by atoms with Gasteiger partial charge in [-0.1, -0.05) is 13.8 Å². The van der Waals surface area contributed by atoms with Gasteiger partial charge in [-0.2, -0.15) is 0 Å². The third-order valence-corrected chi connectivity index (χ3v) is 3.70. The highest BCUT2D eigenvalue weighted by atomic mass is 15.1. The standard InChI is InChI=1S/C14H25N3/c1-3-5-14-16-9-10-17(14)13-7-6-12(11-13)15-8-4-2/h9-10,12-13,15H,3-8,11H2,1-2H3. The van der Waals surface area contributed by atoms with E-state index in [9.17, 15) is 0 Å². The SMILES string of the molecule is CCCNC1CCC(n2ccnc2CCC)C1. The number of imidazole rings is 1. The highest BCUT2D eigenvalue weighted by molar-refractivity contribution is 4.98. The summed E-state index contributed by atoms with van der Waals surface area (Å²) >= 11 is 0. The minimum absolute atomic E-state index is 0.674. The maximum atomic E-state index is 4.48. The molecular weight excluding hydrogens is 210 g/mol.